The van der Waals surface area contributed by atoms with Gasteiger partial charge in [-0.1, -0.05) is 29.3 Å². The maximum Gasteiger partial charge on any atom is 0.264 e. The van der Waals surface area contributed by atoms with Gasteiger partial charge >= 0.3 is 0 Å². The average molecular weight is 373 g/mol. The van der Waals surface area contributed by atoms with Crippen molar-refractivity contribution >= 4 is 41.6 Å². The molecule has 0 saturated heterocycles. The fourth-order valence-corrected chi connectivity index (χ4v) is 2.92. The van der Waals surface area contributed by atoms with Crippen LogP contribution in [0, 0.1) is 5.82 Å². The van der Waals surface area contributed by atoms with Gasteiger partial charge in [-0.2, -0.15) is 0 Å². The molecule has 0 spiro atoms. The van der Waals surface area contributed by atoms with E-state index in [0.717, 1.165) is 18.9 Å². The molecule has 1 amide bonds. The zero-order valence-electron chi connectivity index (χ0n) is 10.0. The number of hydrogen-bond acceptors (Lipinski definition) is 3. The second kappa shape index (κ2) is 6.67. The highest BCUT2D eigenvalue weighted by Gasteiger charge is 2.23. The van der Waals surface area contributed by atoms with Crippen molar-refractivity contribution in [3.63, 3.8) is 0 Å². The van der Waals surface area contributed by atoms with E-state index in [0.29, 0.717) is 6.54 Å². The number of nitrogens with one attached hydrogen (secondary N) is 1. The van der Waals surface area contributed by atoms with E-state index < -0.39 is 25.7 Å². The first-order valence-electron chi connectivity index (χ1n) is 5.49. The van der Waals surface area contributed by atoms with Gasteiger partial charge in [-0.15, -0.1) is 0 Å². The molecule has 0 bridgehead atoms. The van der Waals surface area contributed by atoms with Crippen molar-refractivity contribution in [2.24, 2.45) is 0 Å². The minimum atomic E-state index is -4.25. The summed E-state index contributed by atoms with van der Waals surface area (Å²) in [5, 5.41) is 2.51. The summed E-state index contributed by atoms with van der Waals surface area (Å²) in [4.78, 5) is 11.0. The van der Waals surface area contributed by atoms with Crippen molar-refractivity contribution in [1.82, 2.24) is 5.32 Å². The normalized spacial score (nSPS) is 11.4. The quantitative estimate of drug-likeness (QED) is 0.638. The molecule has 8 heteroatoms. The zero-order valence-corrected chi connectivity index (χ0v) is 13.2. The predicted octanol–water partition coefficient (Wildman–Crippen LogP) is 3.05. The lowest BCUT2D eigenvalue weighted by Gasteiger charge is -2.08. The number of carbonyl (C=O) groups excluding carboxylic acids is 1. The van der Waals surface area contributed by atoms with Crippen LogP contribution in [0.5, 0.6) is 0 Å². The summed E-state index contributed by atoms with van der Waals surface area (Å²) in [6, 6.07) is 2.22. The molecule has 19 heavy (non-hydrogen) atoms. The monoisotopic (exact) mass is 371 g/mol. The number of unbranched alkanes of at least 4 members (excludes halogenated alkanes) is 1. The summed E-state index contributed by atoms with van der Waals surface area (Å²) >= 11 is 3.02. The molecule has 106 valence electrons. The first-order valence-corrected chi connectivity index (χ1v) is 8.59. The number of amides is 1. The van der Waals surface area contributed by atoms with Gasteiger partial charge in [-0.05, 0) is 18.6 Å². The third-order valence-corrected chi connectivity index (χ3v) is 4.11. The Balaban J connectivity index is 3.15. The van der Waals surface area contributed by atoms with Crippen LogP contribution < -0.4 is 5.32 Å². The summed E-state index contributed by atoms with van der Waals surface area (Å²) in [5.74, 6) is -1.82. The molecular weight excluding hydrogens is 361 g/mol. The van der Waals surface area contributed by atoms with Gasteiger partial charge in [-0.25, -0.2) is 12.8 Å². The van der Waals surface area contributed by atoms with Gasteiger partial charge in [0.05, 0.1) is 5.56 Å². The Labute approximate surface area is 123 Å². The van der Waals surface area contributed by atoms with E-state index in [2.05, 4.69) is 21.2 Å². The highest BCUT2D eigenvalue weighted by molar-refractivity contribution is 9.10. The van der Waals surface area contributed by atoms with Gasteiger partial charge in [-0.3, -0.25) is 4.79 Å². The van der Waals surface area contributed by atoms with Crippen molar-refractivity contribution < 1.29 is 17.6 Å². The van der Waals surface area contributed by atoms with Gasteiger partial charge in [0.25, 0.3) is 15.0 Å². The van der Waals surface area contributed by atoms with Gasteiger partial charge < -0.3 is 5.32 Å². The van der Waals surface area contributed by atoms with Crippen LogP contribution in [0.15, 0.2) is 21.5 Å². The SMILES string of the molecule is CCCCNC(=O)c1cc(Br)cc(S(=O)(=O)Cl)c1F. The number of hydrogen-bond donors (Lipinski definition) is 1. The molecule has 0 aliphatic heterocycles. The van der Waals surface area contributed by atoms with Crippen molar-refractivity contribution in [3.05, 3.63) is 28.0 Å². The lowest BCUT2D eigenvalue weighted by atomic mass is 10.2. The fourth-order valence-electron chi connectivity index (χ4n) is 1.38. The maximum atomic E-state index is 14.0. The average Bonchev–Trinajstić information content (AvgIpc) is 2.30. The molecule has 1 aromatic carbocycles. The van der Waals surface area contributed by atoms with Crippen LogP contribution in [0.4, 0.5) is 4.39 Å². The first-order chi connectivity index (χ1) is 8.77. The summed E-state index contributed by atoms with van der Waals surface area (Å²) in [7, 11) is 0.869. The van der Waals surface area contributed by atoms with Crippen LogP contribution in [0.2, 0.25) is 0 Å². The highest BCUT2D eigenvalue weighted by atomic mass is 79.9. The molecule has 1 N–H and O–H groups in total. The fraction of sp³-hybridized carbons (Fsp3) is 0.364. The molecule has 0 aliphatic rings. The first kappa shape index (κ1) is 16.4. The topological polar surface area (TPSA) is 63.2 Å². The van der Waals surface area contributed by atoms with Gasteiger partial charge in [0.2, 0.25) is 0 Å². The second-order valence-electron chi connectivity index (χ2n) is 3.81. The Morgan fingerprint density at radius 3 is 2.63 bits per heavy atom. The van der Waals surface area contributed by atoms with Crippen LogP contribution in [-0.4, -0.2) is 20.9 Å². The van der Waals surface area contributed by atoms with Crippen LogP contribution in [0.3, 0.4) is 0 Å². The van der Waals surface area contributed by atoms with Crippen LogP contribution in [0.1, 0.15) is 30.1 Å². The number of carbonyl (C=O) groups is 1. The second-order valence-corrected chi connectivity index (χ2v) is 7.26. The third-order valence-electron chi connectivity index (χ3n) is 2.33. The Bertz CT molecular complexity index is 592. The van der Waals surface area contributed by atoms with E-state index in [1.54, 1.807) is 0 Å². The molecule has 1 aromatic rings. The Morgan fingerprint density at radius 1 is 1.47 bits per heavy atom. The molecular formula is C11H12BrClFNO3S. The number of halogens is 3. The minimum absolute atomic E-state index is 0.258. The Hall–Kier alpha value is -0.660. The van der Waals surface area contributed by atoms with E-state index in [9.17, 15) is 17.6 Å². The van der Waals surface area contributed by atoms with Crippen molar-refractivity contribution in [3.8, 4) is 0 Å². The summed E-state index contributed by atoms with van der Waals surface area (Å²) in [6.45, 7) is 2.34. The standard InChI is InChI=1S/C11H12BrClFNO3S/c1-2-3-4-15-11(16)8-5-7(12)6-9(10(8)14)19(13,17)18/h5-6H,2-4H2,1H3,(H,15,16). The van der Waals surface area contributed by atoms with Crippen molar-refractivity contribution in [2.75, 3.05) is 6.54 Å². The molecule has 0 aliphatic carbocycles. The summed E-state index contributed by atoms with van der Waals surface area (Å²) in [5.41, 5.74) is -0.357. The van der Waals surface area contributed by atoms with E-state index in [1.165, 1.54) is 6.07 Å². The Morgan fingerprint density at radius 2 is 2.11 bits per heavy atom. The summed E-state index contributed by atoms with van der Waals surface area (Å²) < 4.78 is 36.6. The number of benzene rings is 1. The molecule has 0 radical (unpaired) electrons. The zero-order chi connectivity index (χ0) is 14.6. The molecule has 0 unspecified atom stereocenters. The molecule has 0 heterocycles. The predicted molar refractivity (Wildman–Crippen MR) is 74.4 cm³/mol. The third kappa shape index (κ3) is 4.43. The van der Waals surface area contributed by atoms with E-state index in [1.807, 2.05) is 6.92 Å². The molecule has 4 nitrogen and oxygen atoms in total. The van der Waals surface area contributed by atoms with Gasteiger partial charge in [0.15, 0.2) is 5.82 Å². The molecule has 0 saturated carbocycles. The largest absolute Gasteiger partial charge is 0.352 e. The van der Waals surface area contributed by atoms with Crippen molar-refractivity contribution in [2.45, 2.75) is 24.7 Å². The maximum absolute atomic E-state index is 14.0. The van der Waals surface area contributed by atoms with Gasteiger partial charge in [0, 0.05) is 21.7 Å². The summed E-state index contributed by atoms with van der Waals surface area (Å²) in [6.07, 6.45) is 1.63. The van der Waals surface area contributed by atoms with Gasteiger partial charge in [0.1, 0.15) is 4.90 Å². The smallest absolute Gasteiger partial charge is 0.264 e. The highest BCUT2D eigenvalue weighted by Crippen LogP contribution is 2.26. The minimum Gasteiger partial charge on any atom is -0.352 e. The number of rotatable bonds is 5. The molecule has 0 aromatic heterocycles. The van der Waals surface area contributed by atoms with E-state index in [4.69, 9.17) is 10.7 Å². The molecule has 0 fully saturated rings. The molecule has 1 rings (SSSR count). The molecule has 0 atom stereocenters. The van der Waals surface area contributed by atoms with Crippen LogP contribution >= 0.6 is 26.6 Å². The Kier molecular flexibility index (Phi) is 5.76. The van der Waals surface area contributed by atoms with E-state index in [-0.39, 0.29) is 10.0 Å². The lowest BCUT2D eigenvalue weighted by molar-refractivity contribution is 0.0948. The van der Waals surface area contributed by atoms with E-state index >= 15 is 0 Å². The van der Waals surface area contributed by atoms with Crippen LogP contribution in [0.25, 0.3) is 0 Å². The van der Waals surface area contributed by atoms with Crippen LogP contribution in [-0.2, 0) is 9.05 Å². The lowest BCUT2D eigenvalue weighted by Crippen LogP contribution is -2.25. The van der Waals surface area contributed by atoms with Crippen molar-refractivity contribution in [1.29, 1.82) is 0 Å².